The van der Waals surface area contributed by atoms with E-state index in [2.05, 4.69) is 25.6 Å². The Bertz CT molecular complexity index is 997. The largest absolute Gasteiger partial charge is 0.368 e. The SMILES string of the molecule is CC[C@@H](Nc1cnc(C#N)c(Nc2ccc(-c3ccncc3)cc2)n1)C(N)=O. The number of pyridine rings is 1. The number of nitrogens with zero attached hydrogens (tertiary/aromatic N) is 4. The van der Waals surface area contributed by atoms with Crippen molar-refractivity contribution >= 4 is 23.2 Å². The van der Waals surface area contributed by atoms with Gasteiger partial charge in [0.05, 0.1) is 6.20 Å². The Labute approximate surface area is 162 Å². The average molecular weight is 373 g/mol. The molecule has 0 fully saturated rings. The number of carbonyl (C=O) groups is 1. The normalized spacial score (nSPS) is 11.3. The lowest BCUT2D eigenvalue weighted by Gasteiger charge is -2.15. The molecule has 28 heavy (non-hydrogen) atoms. The third-order valence-electron chi connectivity index (χ3n) is 4.11. The maximum absolute atomic E-state index is 11.4. The summed E-state index contributed by atoms with van der Waals surface area (Å²) in [5.74, 6) is 0.180. The van der Waals surface area contributed by atoms with Crippen LogP contribution in [0.5, 0.6) is 0 Å². The van der Waals surface area contributed by atoms with Gasteiger partial charge in [-0.1, -0.05) is 19.1 Å². The van der Waals surface area contributed by atoms with Gasteiger partial charge in [0.15, 0.2) is 11.5 Å². The summed E-state index contributed by atoms with van der Waals surface area (Å²) in [6.45, 7) is 1.84. The van der Waals surface area contributed by atoms with E-state index in [4.69, 9.17) is 5.73 Å². The van der Waals surface area contributed by atoms with E-state index in [1.807, 2.05) is 49.4 Å². The molecule has 1 atom stereocenters. The maximum atomic E-state index is 11.4. The van der Waals surface area contributed by atoms with Crippen LogP contribution in [0.15, 0.2) is 55.0 Å². The molecule has 0 bridgehead atoms. The first-order chi connectivity index (χ1) is 13.6. The van der Waals surface area contributed by atoms with Gasteiger partial charge in [-0.15, -0.1) is 0 Å². The zero-order valence-electron chi connectivity index (χ0n) is 15.3. The first-order valence-corrected chi connectivity index (χ1v) is 8.71. The molecule has 8 heteroatoms. The minimum atomic E-state index is -0.560. The van der Waals surface area contributed by atoms with Crippen LogP contribution in [0, 0.1) is 11.3 Å². The fourth-order valence-corrected chi connectivity index (χ4v) is 2.61. The van der Waals surface area contributed by atoms with Gasteiger partial charge in [-0.25, -0.2) is 9.97 Å². The smallest absolute Gasteiger partial charge is 0.239 e. The number of benzene rings is 1. The van der Waals surface area contributed by atoms with Crippen LogP contribution < -0.4 is 16.4 Å². The van der Waals surface area contributed by atoms with Gasteiger partial charge in [0.1, 0.15) is 17.9 Å². The number of carbonyl (C=O) groups excluding carboxylic acids is 1. The number of nitriles is 1. The Morgan fingerprint density at radius 2 is 1.86 bits per heavy atom. The Balaban J connectivity index is 1.82. The van der Waals surface area contributed by atoms with Gasteiger partial charge in [0.25, 0.3) is 0 Å². The number of anilines is 3. The Morgan fingerprint density at radius 1 is 1.18 bits per heavy atom. The molecule has 4 N–H and O–H groups in total. The van der Waals surface area contributed by atoms with Crippen molar-refractivity contribution in [2.24, 2.45) is 5.73 Å². The molecule has 3 aromatic rings. The molecule has 2 heterocycles. The molecular weight excluding hydrogens is 354 g/mol. The first-order valence-electron chi connectivity index (χ1n) is 8.71. The summed E-state index contributed by atoms with van der Waals surface area (Å²) in [5, 5.41) is 15.3. The number of hydrogen-bond donors (Lipinski definition) is 3. The Kier molecular flexibility index (Phi) is 5.77. The van der Waals surface area contributed by atoms with Gasteiger partial charge >= 0.3 is 0 Å². The molecule has 8 nitrogen and oxygen atoms in total. The number of rotatable bonds is 7. The third kappa shape index (κ3) is 4.40. The van der Waals surface area contributed by atoms with E-state index < -0.39 is 11.9 Å². The van der Waals surface area contributed by atoms with Crippen molar-refractivity contribution in [1.82, 2.24) is 15.0 Å². The second-order valence-corrected chi connectivity index (χ2v) is 6.01. The molecule has 0 radical (unpaired) electrons. The third-order valence-corrected chi connectivity index (χ3v) is 4.11. The van der Waals surface area contributed by atoms with E-state index in [1.54, 1.807) is 12.4 Å². The zero-order valence-corrected chi connectivity index (χ0v) is 15.3. The predicted molar refractivity (Wildman–Crippen MR) is 107 cm³/mol. The highest BCUT2D eigenvalue weighted by atomic mass is 16.1. The van der Waals surface area contributed by atoms with Crippen LogP contribution in [-0.2, 0) is 4.79 Å². The van der Waals surface area contributed by atoms with Gasteiger partial charge in [-0.3, -0.25) is 9.78 Å². The lowest BCUT2D eigenvalue weighted by atomic mass is 10.1. The average Bonchev–Trinajstić information content (AvgIpc) is 2.73. The van der Waals surface area contributed by atoms with Crippen LogP contribution in [0.1, 0.15) is 19.0 Å². The van der Waals surface area contributed by atoms with Gasteiger partial charge in [0.2, 0.25) is 5.91 Å². The molecule has 0 spiro atoms. The van der Waals surface area contributed by atoms with Crippen LogP contribution in [0.25, 0.3) is 11.1 Å². The summed E-state index contributed by atoms with van der Waals surface area (Å²) in [6, 6.07) is 13.0. The van der Waals surface area contributed by atoms with Gasteiger partial charge in [-0.2, -0.15) is 5.26 Å². The molecule has 1 amide bonds. The molecule has 0 aliphatic carbocycles. The van der Waals surface area contributed by atoms with E-state index in [0.717, 1.165) is 16.8 Å². The molecule has 0 saturated heterocycles. The van der Waals surface area contributed by atoms with Crippen LogP contribution in [0.4, 0.5) is 17.3 Å². The molecule has 0 aliphatic rings. The summed E-state index contributed by atoms with van der Waals surface area (Å²) in [7, 11) is 0. The fraction of sp³-hybridized carbons (Fsp3) is 0.150. The quantitative estimate of drug-likeness (QED) is 0.580. The molecule has 2 aromatic heterocycles. The summed E-state index contributed by atoms with van der Waals surface area (Å²) < 4.78 is 0. The second-order valence-electron chi connectivity index (χ2n) is 6.01. The van der Waals surface area contributed by atoms with Crippen LogP contribution in [0.2, 0.25) is 0 Å². The van der Waals surface area contributed by atoms with Crippen LogP contribution in [-0.4, -0.2) is 26.9 Å². The minimum absolute atomic E-state index is 0.149. The molecule has 0 saturated carbocycles. The molecule has 1 aromatic carbocycles. The van der Waals surface area contributed by atoms with Gasteiger partial charge < -0.3 is 16.4 Å². The standard InChI is InChI=1S/C20H19N7O/c1-2-16(19(22)28)26-18-12-24-17(11-21)20(27-18)25-15-5-3-13(4-6-15)14-7-9-23-10-8-14/h3-10,12,16H,2H2,1H3,(H2,22,28)(H2,25,26,27)/t16-/m1/s1. The van der Waals surface area contributed by atoms with Crippen molar-refractivity contribution in [3.8, 4) is 17.2 Å². The minimum Gasteiger partial charge on any atom is -0.368 e. The number of nitrogens with two attached hydrogens (primary N) is 1. The molecule has 140 valence electrons. The Morgan fingerprint density at radius 3 is 2.46 bits per heavy atom. The topological polar surface area (TPSA) is 130 Å². The van der Waals surface area contributed by atoms with E-state index in [9.17, 15) is 10.1 Å². The second kappa shape index (κ2) is 8.60. The predicted octanol–water partition coefficient (Wildman–Crippen LogP) is 2.83. The number of hydrogen-bond acceptors (Lipinski definition) is 7. The lowest BCUT2D eigenvalue weighted by Crippen LogP contribution is -2.35. The summed E-state index contributed by atoms with van der Waals surface area (Å²) in [6.07, 6.45) is 5.40. The van der Waals surface area contributed by atoms with Crippen molar-refractivity contribution in [3.63, 3.8) is 0 Å². The van der Waals surface area contributed by atoms with Crippen molar-refractivity contribution in [2.45, 2.75) is 19.4 Å². The molecule has 0 unspecified atom stereocenters. The number of aromatic nitrogens is 3. The summed E-state index contributed by atoms with van der Waals surface area (Å²) in [4.78, 5) is 23.9. The van der Waals surface area contributed by atoms with Crippen LogP contribution >= 0.6 is 0 Å². The molecular formula is C20H19N7O. The lowest BCUT2D eigenvalue weighted by molar-refractivity contribution is -0.118. The van der Waals surface area contributed by atoms with Crippen molar-refractivity contribution < 1.29 is 4.79 Å². The molecule has 0 aliphatic heterocycles. The number of primary amides is 1. The highest BCUT2D eigenvalue weighted by Gasteiger charge is 2.15. The van der Waals surface area contributed by atoms with Gasteiger partial charge in [0, 0.05) is 18.1 Å². The maximum Gasteiger partial charge on any atom is 0.239 e. The van der Waals surface area contributed by atoms with Crippen LogP contribution in [0.3, 0.4) is 0 Å². The van der Waals surface area contributed by atoms with E-state index in [0.29, 0.717) is 18.1 Å². The van der Waals surface area contributed by atoms with Crippen molar-refractivity contribution in [2.75, 3.05) is 10.6 Å². The van der Waals surface area contributed by atoms with E-state index in [1.165, 1.54) is 6.20 Å². The van der Waals surface area contributed by atoms with E-state index >= 15 is 0 Å². The number of amides is 1. The summed E-state index contributed by atoms with van der Waals surface area (Å²) >= 11 is 0. The van der Waals surface area contributed by atoms with Gasteiger partial charge in [-0.05, 0) is 41.8 Å². The monoisotopic (exact) mass is 373 g/mol. The number of nitrogens with one attached hydrogen (secondary N) is 2. The van der Waals surface area contributed by atoms with E-state index in [-0.39, 0.29) is 5.69 Å². The highest BCUT2D eigenvalue weighted by Crippen LogP contribution is 2.23. The first kappa shape index (κ1) is 18.8. The molecule has 3 rings (SSSR count). The summed E-state index contributed by atoms with van der Waals surface area (Å²) in [5.41, 5.74) is 8.36. The Hall–Kier alpha value is -3.99. The zero-order chi connectivity index (χ0) is 19.9. The van der Waals surface area contributed by atoms with Crippen molar-refractivity contribution in [1.29, 1.82) is 5.26 Å². The highest BCUT2D eigenvalue weighted by molar-refractivity contribution is 5.82. The van der Waals surface area contributed by atoms with Crippen molar-refractivity contribution in [3.05, 3.63) is 60.7 Å². The fourth-order valence-electron chi connectivity index (χ4n) is 2.61.